The van der Waals surface area contributed by atoms with E-state index in [4.69, 9.17) is 9.47 Å². The third-order valence-electron chi connectivity index (χ3n) is 7.78. The standard InChI is InChI=1S/C35H46N6O6S/c1-8-39(34(45)47-35(4,5)6)17-16-36-30(42)21-40(22-31(43)38(7)41-19-26-12-10-11-13-27(26)20-41)29-15-14-25(18-24(29)3)32-37-28(23-48-32)33(44)46-9-2/h10-15,18,23H,8-9,16-17,19-22H2,1-7H3,(H,36,42). The lowest BCUT2D eigenvalue weighted by molar-refractivity contribution is -0.145. The number of fused-ring (bicyclic) bond motifs is 1. The summed E-state index contributed by atoms with van der Waals surface area (Å²) in [5.74, 6) is -0.927. The van der Waals surface area contributed by atoms with Gasteiger partial charge in [-0.25, -0.2) is 19.6 Å². The summed E-state index contributed by atoms with van der Waals surface area (Å²) in [6.45, 7) is 13.3. The predicted molar refractivity (Wildman–Crippen MR) is 185 cm³/mol. The van der Waals surface area contributed by atoms with E-state index in [0.29, 0.717) is 30.3 Å². The molecule has 1 N–H and O–H groups in total. The third kappa shape index (κ3) is 9.54. The number of hydrogen-bond donors (Lipinski definition) is 1. The van der Waals surface area contributed by atoms with Gasteiger partial charge in [0, 0.05) is 56.4 Å². The second kappa shape index (κ2) is 16.1. The van der Waals surface area contributed by atoms with Crippen molar-refractivity contribution in [3.8, 4) is 10.6 Å². The molecule has 13 heteroatoms. The Balaban J connectivity index is 1.49. The quantitative estimate of drug-likeness (QED) is 0.252. The van der Waals surface area contributed by atoms with Gasteiger partial charge in [-0.1, -0.05) is 24.3 Å². The van der Waals surface area contributed by atoms with Crippen LogP contribution in [0.3, 0.4) is 0 Å². The molecule has 0 atom stereocenters. The number of anilines is 1. The lowest BCUT2D eigenvalue weighted by Gasteiger charge is -2.32. The van der Waals surface area contributed by atoms with Gasteiger partial charge in [0.25, 0.3) is 5.91 Å². The number of esters is 1. The first kappa shape index (κ1) is 36.3. The van der Waals surface area contributed by atoms with E-state index in [-0.39, 0.29) is 50.3 Å². The Labute approximate surface area is 286 Å². The molecule has 48 heavy (non-hydrogen) atoms. The van der Waals surface area contributed by atoms with Crippen molar-refractivity contribution < 1.29 is 28.7 Å². The van der Waals surface area contributed by atoms with E-state index in [2.05, 4.69) is 22.4 Å². The maximum Gasteiger partial charge on any atom is 0.410 e. The van der Waals surface area contributed by atoms with Crippen LogP contribution in [0.4, 0.5) is 10.5 Å². The van der Waals surface area contributed by atoms with Crippen molar-refractivity contribution in [2.75, 3.05) is 51.3 Å². The number of benzene rings is 2. The molecule has 4 rings (SSSR count). The number of ether oxygens (including phenoxy) is 2. The van der Waals surface area contributed by atoms with E-state index in [0.717, 1.165) is 11.1 Å². The second-order valence-electron chi connectivity index (χ2n) is 12.5. The van der Waals surface area contributed by atoms with Crippen molar-refractivity contribution in [2.45, 2.75) is 60.2 Å². The molecule has 0 saturated heterocycles. The van der Waals surface area contributed by atoms with Crippen LogP contribution in [-0.4, -0.2) is 95.8 Å². The number of hydrazine groups is 1. The molecule has 1 aliphatic rings. The number of thiazole rings is 1. The summed E-state index contributed by atoms with van der Waals surface area (Å²) in [5.41, 5.74) is 4.35. The molecule has 3 amide bonds. The van der Waals surface area contributed by atoms with Crippen molar-refractivity contribution >= 4 is 40.9 Å². The van der Waals surface area contributed by atoms with Crippen LogP contribution in [0.15, 0.2) is 47.8 Å². The number of hydrogen-bond acceptors (Lipinski definition) is 10. The van der Waals surface area contributed by atoms with Crippen molar-refractivity contribution in [2.24, 2.45) is 0 Å². The van der Waals surface area contributed by atoms with Gasteiger partial charge in [0.1, 0.15) is 10.6 Å². The Morgan fingerprint density at radius 2 is 1.71 bits per heavy atom. The SMILES string of the molecule is CCOC(=O)c1csc(-c2ccc(N(CC(=O)NCCN(CC)C(=O)OC(C)(C)C)CC(=O)N(C)N3Cc4ccccc4C3)c(C)c2)n1. The Morgan fingerprint density at radius 1 is 1.02 bits per heavy atom. The van der Waals surface area contributed by atoms with E-state index < -0.39 is 17.7 Å². The zero-order valence-electron chi connectivity index (χ0n) is 28.9. The van der Waals surface area contributed by atoms with Gasteiger partial charge in [-0.15, -0.1) is 11.3 Å². The Bertz CT molecular complexity index is 1590. The number of nitrogens with one attached hydrogen (secondary N) is 1. The molecule has 2 heterocycles. The molecular formula is C35H46N6O6S. The van der Waals surface area contributed by atoms with Gasteiger partial charge in [0.15, 0.2) is 5.69 Å². The molecule has 1 aliphatic heterocycles. The van der Waals surface area contributed by atoms with Gasteiger partial charge < -0.3 is 24.6 Å². The average Bonchev–Trinajstić information content (AvgIpc) is 3.70. The highest BCUT2D eigenvalue weighted by molar-refractivity contribution is 7.13. The van der Waals surface area contributed by atoms with Crippen molar-refractivity contribution in [1.82, 2.24) is 25.2 Å². The van der Waals surface area contributed by atoms with Crippen LogP contribution in [-0.2, 0) is 32.2 Å². The number of amides is 3. The summed E-state index contributed by atoms with van der Waals surface area (Å²) in [5, 5.41) is 8.84. The highest BCUT2D eigenvalue weighted by Crippen LogP contribution is 2.30. The molecule has 0 saturated carbocycles. The third-order valence-corrected chi connectivity index (χ3v) is 8.67. The van der Waals surface area contributed by atoms with E-state index in [9.17, 15) is 19.2 Å². The minimum atomic E-state index is -0.623. The smallest absolute Gasteiger partial charge is 0.410 e. The minimum absolute atomic E-state index is 0.0415. The first-order valence-electron chi connectivity index (χ1n) is 16.1. The number of aryl methyl sites for hydroxylation is 1. The van der Waals surface area contributed by atoms with Crippen molar-refractivity contribution in [3.63, 3.8) is 0 Å². The zero-order valence-corrected chi connectivity index (χ0v) is 29.7. The van der Waals surface area contributed by atoms with Crippen LogP contribution in [0, 0.1) is 6.92 Å². The fourth-order valence-electron chi connectivity index (χ4n) is 5.29. The highest BCUT2D eigenvalue weighted by Gasteiger charge is 2.27. The van der Waals surface area contributed by atoms with Crippen LogP contribution in [0.1, 0.15) is 61.8 Å². The maximum absolute atomic E-state index is 13.7. The summed E-state index contributed by atoms with van der Waals surface area (Å²) in [7, 11) is 1.75. The van der Waals surface area contributed by atoms with Gasteiger partial charge in [-0.2, -0.15) is 0 Å². The summed E-state index contributed by atoms with van der Waals surface area (Å²) in [6.07, 6.45) is -0.441. The predicted octanol–water partition coefficient (Wildman–Crippen LogP) is 4.86. The summed E-state index contributed by atoms with van der Waals surface area (Å²) in [6, 6.07) is 13.8. The van der Waals surface area contributed by atoms with Crippen LogP contribution in [0.5, 0.6) is 0 Å². The molecule has 0 spiro atoms. The molecule has 0 fully saturated rings. The molecule has 2 aromatic carbocycles. The van der Waals surface area contributed by atoms with E-state index in [1.54, 1.807) is 29.3 Å². The second-order valence-corrected chi connectivity index (χ2v) is 13.4. The van der Waals surface area contributed by atoms with Gasteiger partial charge in [-0.3, -0.25) is 14.6 Å². The molecule has 0 unspecified atom stereocenters. The molecule has 12 nitrogen and oxygen atoms in total. The van der Waals surface area contributed by atoms with E-state index in [1.165, 1.54) is 27.4 Å². The topological polar surface area (TPSA) is 125 Å². The number of nitrogens with zero attached hydrogens (tertiary/aromatic N) is 5. The number of aromatic nitrogens is 1. The van der Waals surface area contributed by atoms with Gasteiger partial charge in [0.2, 0.25) is 5.91 Å². The Kier molecular flexibility index (Phi) is 12.2. The molecule has 1 aromatic heterocycles. The Morgan fingerprint density at radius 3 is 2.31 bits per heavy atom. The normalized spacial score (nSPS) is 12.6. The highest BCUT2D eigenvalue weighted by atomic mass is 32.1. The zero-order chi connectivity index (χ0) is 35.0. The molecule has 258 valence electrons. The largest absolute Gasteiger partial charge is 0.461 e. The maximum atomic E-state index is 13.7. The summed E-state index contributed by atoms with van der Waals surface area (Å²) < 4.78 is 10.5. The van der Waals surface area contributed by atoms with Crippen LogP contribution in [0.2, 0.25) is 0 Å². The monoisotopic (exact) mass is 678 g/mol. The fraction of sp³-hybridized carbons (Fsp3) is 0.457. The van der Waals surface area contributed by atoms with Crippen LogP contribution >= 0.6 is 11.3 Å². The molecular weight excluding hydrogens is 632 g/mol. The number of carbonyl (C=O) groups is 4. The molecule has 3 aromatic rings. The lowest BCUT2D eigenvalue weighted by atomic mass is 10.1. The minimum Gasteiger partial charge on any atom is -0.461 e. The summed E-state index contributed by atoms with van der Waals surface area (Å²) >= 11 is 1.34. The van der Waals surface area contributed by atoms with E-state index in [1.807, 2.05) is 70.0 Å². The first-order chi connectivity index (χ1) is 22.8. The first-order valence-corrected chi connectivity index (χ1v) is 17.0. The number of likely N-dealkylation sites (N-methyl/N-ethyl adjacent to an activating group) is 2. The number of carbonyl (C=O) groups excluding carboxylic acids is 4. The van der Waals surface area contributed by atoms with E-state index >= 15 is 0 Å². The van der Waals surface area contributed by atoms with Gasteiger partial charge in [-0.05, 0) is 76.4 Å². The molecule has 0 bridgehead atoms. The average molecular weight is 679 g/mol. The Hall–Kier alpha value is -4.49. The van der Waals surface area contributed by atoms with Crippen LogP contribution in [0.25, 0.3) is 10.6 Å². The van der Waals surface area contributed by atoms with Gasteiger partial charge in [0.05, 0.1) is 19.7 Å². The van der Waals surface area contributed by atoms with Crippen molar-refractivity contribution in [1.29, 1.82) is 0 Å². The van der Waals surface area contributed by atoms with Crippen LogP contribution < -0.4 is 10.2 Å². The molecule has 0 radical (unpaired) electrons. The molecule has 0 aliphatic carbocycles. The summed E-state index contributed by atoms with van der Waals surface area (Å²) in [4.78, 5) is 59.4. The number of rotatable bonds is 13. The lowest BCUT2D eigenvalue weighted by Crippen LogP contribution is -2.48. The van der Waals surface area contributed by atoms with Gasteiger partial charge >= 0.3 is 12.1 Å². The fourth-order valence-corrected chi connectivity index (χ4v) is 6.08. The van der Waals surface area contributed by atoms with Crippen molar-refractivity contribution in [3.05, 3.63) is 70.2 Å².